The quantitative estimate of drug-likeness (QED) is 0.522. The molecule has 0 spiro atoms. The molecule has 0 saturated carbocycles. The maximum Gasteiger partial charge on any atom is 0.340 e. The van der Waals surface area contributed by atoms with Crippen LogP contribution in [0, 0.1) is 6.92 Å². The monoisotopic (exact) mass is 394 g/mol. The molecular weight excluding hydrogens is 376 g/mol. The van der Waals surface area contributed by atoms with E-state index in [0.717, 1.165) is 53.4 Å². The van der Waals surface area contributed by atoms with Gasteiger partial charge in [0.25, 0.3) is 0 Å². The average Bonchev–Trinajstić information content (AvgIpc) is 3.31. The Labute approximate surface area is 164 Å². The van der Waals surface area contributed by atoms with Gasteiger partial charge in [-0.25, -0.2) is 9.78 Å². The topological polar surface area (TPSA) is 85.3 Å². The van der Waals surface area contributed by atoms with Gasteiger partial charge in [0.05, 0.1) is 12.0 Å². The highest BCUT2D eigenvalue weighted by atomic mass is 32.1. The SMILES string of the molecule is Cc1c(CC(=O)Nc2nccs2)c(=O)oc2cc3oc4c(c3cc12)CCCC4. The van der Waals surface area contributed by atoms with Crippen LogP contribution in [0.25, 0.3) is 21.9 Å². The summed E-state index contributed by atoms with van der Waals surface area (Å²) in [5.74, 6) is 0.756. The fraction of sp³-hybridized carbons (Fsp3) is 0.286. The molecule has 142 valence electrons. The standard InChI is InChI=1S/C21H18N2O4S/c1-11-13-8-15-12-4-2-3-5-16(12)26-18(15)10-17(13)27-20(25)14(11)9-19(24)23-21-22-6-7-28-21/h6-8,10H,2-5,9H2,1H3,(H,22,23,24). The van der Waals surface area contributed by atoms with Gasteiger partial charge in [0, 0.05) is 40.4 Å². The lowest BCUT2D eigenvalue weighted by Crippen LogP contribution is -2.20. The summed E-state index contributed by atoms with van der Waals surface area (Å²) in [5, 5.41) is 6.93. The molecule has 1 N–H and O–H groups in total. The van der Waals surface area contributed by atoms with Crippen molar-refractivity contribution in [1.29, 1.82) is 0 Å². The van der Waals surface area contributed by atoms with Crippen LogP contribution in [0.4, 0.5) is 5.13 Å². The molecule has 7 heteroatoms. The Balaban J connectivity index is 1.59. The average molecular weight is 394 g/mol. The molecule has 0 atom stereocenters. The molecule has 28 heavy (non-hydrogen) atoms. The number of furan rings is 1. The number of fused-ring (bicyclic) bond motifs is 4. The maximum atomic E-state index is 12.5. The molecule has 3 heterocycles. The number of amides is 1. The molecule has 6 nitrogen and oxygen atoms in total. The van der Waals surface area contributed by atoms with Gasteiger partial charge in [0.2, 0.25) is 5.91 Å². The third-order valence-electron chi connectivity index (χ3n) is 5.38. The number of aromatic nitrogens is 1. The number of nitrogens with zero attached hydrogens (tertiary/aromatic N) is 1. The number of nitrogens with one attached hydrogen (secondary N) is 1. The smallest absolute Gasteiger partial charge is 0.340 e. The molecule has 1 aliphatic rings. The zero-order valence-electron chi connectivity index (χ0n) is 15.3. The maximum absolute atomic E-state index is 12.5. The zero-order chi connectivity index (χ0) is 19.3. The van der Waals surface area contributed by atoms with Crippen LogP contribution in [0.2, 0.25) is 0 Å². The van der Waals surface area contributed by atoms with Gasteiger partial charge in [0.1, 0.15) is 16.9 Å². The molecule has 0 radical (unpaired) electrons. The molecule has 0 bridgehead atoms. The highest BCUT2D eigenvalue weighted by Gasteiger charge is 2.21. The molecular formula is C21H18N2O4S. The van der Waals surface area contributed by atoms with Crippen molar-refractivity contribution >= 4 is 44.3 Å². The number of hydrogen-bond acceptors (Lipinski definition) is 6. The van der Waals surface area contributed by atoms with Gasteiger partial charge in [-0.3, -0.25) is 4.79 Å². The first kappa shape index (κ1) is 17.2. The van der Waals surface area contributed by atoms with E-state index in [4.69, 9.17) is 8.83 Å². The van der Waals surface area contributed by atoms with Crippen molar-refractivity contribution < 1.29 is 13.6 Å². The first-order valence-electron chi connectivity index (χ1n) is 9.30. The van der Waals surface area contributed by atoms with Gasteiger partial charge >= 0.3 is 5.63 Å². The Morgan fingerprint density at radius 2 is 2.00 bits per heavy atom. The Kier molecular flexibility index (Phi) is 4.05. The summed E-state index contributed by atoms with van der Waals surface area (Å²) in [7, 11) is 0. The van der Waals surface area contributed by atoms with Crippen molar-refractivity contribution in [1.82, 2.24) is 4.98 Å². The van der Waals surface area contributed by atoms with E-state index < -0.39 is 5.63 Å². The predicted octanol–water partition coefficient (Wildman–Crippen LogP) is 4.36. The van der Waals surface area contributed by atoms with Crippen LogP contribution in [-0.2, 0) is 24.1 Å². The lowest BCUT2D eigenvalue weighted by Gasteiger charge is -2.09. The van der Waals surface area contributed by atoms with E-state index >= 15 is 0 Å². The van der Waals surface area contributed by atoms with Gasteiger partial charge in [-0.05, 0) is 37.8 Å². The summed E-state index contributed by atoms with van der Waals surface area (Å²) < 4.78 is 11.5. The van der Waals surface area contributed by atoms with Crippen molar-refractivity contribution in [3.63, 3.8) is 0 Å². The number of benzene rings is 1. The van der Waals surface area contributed by atoms with E-state index in [1.54, 1.807) is 17.6 Å². The summed E-state index contributed by atoms with van der Waals surface area (Å²) >= 11 is 1.33. The fourth-order valence-corrected chi connectivity index (χ4v) is 4.50. The Morgan fingerprint density at radius 3 is 2.82 bits per heavy atom. The van der Waals surface area contributed by atoms with Crippen LogP contribution in [0.5, 0.6) is 0 Å². The molecule has 0 fully saturated rings. The first-order valence-corrected chi connectivity index (χ1v) is 10.2. The molecule has 0 saturated heterocycles. The highest BCUT2D eigenvalue weighted by molar-refractivity contribution is 7.13. The zero-order valence-corrected chi connectivity index (χ0v) is 16.1. The van der Waals surface area contributed by atoms with Gasteiger partial charge in [0.15, 0.2) is 5.13 Å². The third-order valence-corrected chi connectivity index (χ3v) is 6.07. The molecule has 0 unspecified atom stereocenters. The van der Waals surface area contributed by atoms with Gasteiger partial charge in [-0.1, -0.05) is 0 Å². The molecule has 0 aliphatic heterocycles. The van der Waals surface area contributed by atoms with E-state index in [0.29, 0.717) is 16.3 Å². The molecule has 1 aliphatic carbocycles. The second kappa shape index (κ2) is 6.60. The molecule has 4 aromatic rings. The van der Waals surface area contributed by atoms with Crippen LogP contribution in [0.3, 0.4) is 0 Å². The van der Waals surface area contributed by atoms with Crippen molar-refractivity contribution in [2.24, 2.45) is 0 Å². The number of thiazole rings is 1. The van der Waals surface area contributed by atoms with Crippen molar-refractivity contribution in [3.8, 4) is 0 Å². The Morgan fingerprint density at radius 1 is 1.18 bits per heavy atom. The number of carbonyl (C=O) groups excluding carboxylic acids is 1. The summed E-state index contributed by atoms with van der Waals surface area (Å²) in [6.45, 7) is 1.86. The minimum atomic E-state index is -0.491. The molecule has 1 amide bonds. The van der Waals surface area contributed by atoms with Crippen LogP contribution in [-0.4, -0.2) is 10.9 Å². The second-order valence-corrected chi connectivity index (χ2v) is 8.01. The molecule has 5 rings (SSSR count). The molecule has 3 aromatic heterocycles. The largest absolute Gasteiger partial charge is 0.461 e. The highest BCUT2D eigenvalue weighted by Crippen LogP contribution is 2.35. The normalized spacial score (nSPS) is 13.8. The Hall–Kier alpha value is -2.93. The molecule has 1 aromatic carbocycles. The lowest BCUT2D eigenvalue weighted by molar-refractivity contribution is -0.115. The summed E-state index contributed by atoms with van der Waals surface area (Å²) in [4.78, 5) is 28.9. The van der Waals surface area contributed by atoms with E-state index in [-0.39, 0.29) is 12.3 Å². The minimum Gasteiger partial charge on any atom is -0.461 e. The van der Waals surface area contributed by atoms with Gasteiger partial charge in [-0.2, -0.15) is 0 Å². The fourth-order valence-electron chi connectivity index (χ4n) is 3.96. The first-order chi connectivity index (χ1) is 13.6. The van der Waals surface area contributed by atoms with Crippen molar-refractivity contribution in [2.45, 2.75) is 39.0 Å². The van der Waals surface area contributed by atoms with Crippen LogP contribution >= 0.6 is 11.3 Å². The number of hydrogen-bond donors (Lipinski definition) is 1. The van der Waals surface area contributed by atoms with E-state index in [1.165, 1.54) is 16.9 Å². The number of anilines is 1. The van der Waals surface area contributed by atoms with Crippen LogP contribution in [0.1, 0.15) is 35.3 Å². The second-order valence-electron chi connectivity index (χ2n) is 7.11. The summed E-state index contributed by atoms with van der Waals surface area (Å²) in [5.41, 5.74) is 3.17. The van der Waals surface area contributed by atoms with E-state index in [2.05, 4.69) is 10.3 Å². The Bertz CT molecular complexity index is 1270. The minimum absolute atomic E-state index is 0.0504. The lowest BCUT2D eigenvalue weighted by atomic mass is 9.94. The van der Waals surface area contributed by atoms with Crippen molar-refractivity contribution in [2.75, 3.05) is 5.32 Å². The van der Waals surface area contributed by atoms with Gasteiger partial charge < -0.3 is 14.2 Å². The van der Waals surface area contributed by atoms with Crippen LogP contribution < -0.4 is 10.9 Å². The summed E-state index contributed by atoms with van der Waals surface area (Å²) in [6, 6.07) is 3.84. The number of carbonyl (C=O) groups is 1. The van der Waals surface area contributed by atoms with Gasteiger partial charge in [-0.15, -0.1) is 11.3 Å². The number of rotatable bonds is 3. The van der Waals surface area contributed by atoms with E-state index in [9.17, 15) is 9.59 Å². The van der Waals surface area contributed by atoms with Crippen molar-refractivity contribution in [3.05, 3.63) is 56.6 Å². The number of aryl methyl sites for hydroxylation is 3. The van der Waals surface area contributed by atoms with E-state index in [1.807, 2.05) is 13.0 Å². The predicted molar refractivity (Wildman–Crippen MR) is 108 cm³/mol. The summed E-state index contributed by atoms with van der Waals surface area (Å²) in [6.07, 6.45) is 5.82. The third kappa shape index (κ3) is 2.82. The van der Waals surface area contributed by atoms with Crippen LogP contribution in [0.15, 0.2) is 37.3 Å².